The van der Waals surface area contributed by atoms with Crippen molar-refractivity contribution in [1.82, 2.24) is 4.98 Å². The Morgan fingerprint density at radius 3 is 2.72 bits per heavy atom. The van der Waals surface area contributed by atoms with Crippen LogP contribution < -0.4 is 4.74 Å². The minimum Gasteiger partial charge on any atom is -0.496 e. The number of hydrogen-bond acceptors (Lipinski definition) is 2. The van der Waals surface area contributed by atoms with Gasteiger partial charge in [-0.2, -0.15) is 0 Å². The summed E-state index contributed by atoms with van der Waals surface area (Å²) >= 11 is 0. The lowest BCUT2D eigenvalue weighted by Crippen LogP contribution is -2.20. The molecule has 1 aliphatic carbocycles. The van der Waals surface area contributed by atoms with Crippen LogP contribution in [0.25, 0.3) is 10.9 Å². The molecule has 1 heterocycles. The third-order valence-electron chi connectivity index (χ3n) is 3.77. The predicted molar refractivity (Wildman–Crippen MR) is 68.1 cm³/mol. The maximum atomic E-state index is 11.4. The number of rotatable bonds is 3. The highest BCUT2D eigenvalue weighted by Crippen LogP contribution is 2.52. The van der Waals surface area contributed by atoms with E-state index in [4.69, 9.17) is 4.74 Å². The Bertz CT molecular complexity index is 638. The molecule has 94 valence electrons. The Balaban J connectivity index is 2.27. The summed E-state index contributed by atoms with van der Waals surface area (Å²) < 4.78 is 5.47. The minimum atomic E-state index is -0.757. The summed E-state index contributed by atoms with van der Waals surface area (Å²) in [4.78, 5) is 14.7. The van der Waals surface area contributed by atoms with E-state index in [1.165, 1.54) is 0 Å². The first-order valence-electron chi connectivity index (χ1n) is 5.99. The molecule has 0 spiro atoms. The number of carboxylic acids is 1. The van der Waals surface area contributed by atoms with E-state index >= 15 is 0 Å². The summed E-state index contributed by atoms with van der Waals surface area (Å²) in [7, 11) is 1.60. The third-order valence-corrected chi connectivity index (χ3v) is 3.77. The summed E-state index contributed by atoms with van der Waals surface area (Å²) in [5.74, 6) is -0.0656. The first-order valence-corrected chi connectivity index (χ1v) is 5.99. The second kappa shape index (κ2) is 3.51. The number of hydrogen-bond donors (Lipinski definition) is 2. The molecule has 0 unspecified atom stereocenters. The minimum absolute atomic E-state index is 0.688. The van der Waals surface area contributed by atoms with Crippen LogP contribution in [0, 0.1) is 6.92 Å². The number of methoxy groups -OCH3 is 1. The van der Waals surface area contributed by atoms with Gasteiger partial charge in [-0.05, 0) is 31.9 Å². The molecule has 4 nitrogen and oxygen atoms in total. The summed E-state index contributed by atoms with van der Waals surface area (Å²) in [6.45, 7) is 1.98. The second-order valence-electron chi connectivity index (χ2n) is 4.95. The molecule has 1 aromatic heterocycles. The molecule has 0 aliphatic heterocycles. The standard InChI is InChI=1S/C14H15NO3/c1-8-7-9-11(15-8)4-3-10(12(9)18-2)14(5-6-14)13(16)17/h3-4,7,15H,5-6H2,1-2H3,(H,16,17). The number of nitrogens with one attached hydrogen (secondary N) is 1. The van der Waals surface area contributed by atoms with Crippen LogP contribution in [0.4, 0.5) is 0 Å². The Hall–Kier alpha value is -1.97. The molecule has 0 atom stereocenters. The number of carboxylic acid groups (broad SMARTS) is 1. The van der Waals surface area contributed by atoms with Crippen LogP contribution in [0.15, 0.2) is 18.2 Å². The average Bonchev–Trinajstić information content (AvgIpc) is 3.05. The number of aromatic nitrogens is 1. The van der Waals surface area contributed by atoms with Crippen molar-refractivity contribution in [2.24, 2.45) is 0 Å². The van der Waals surface area contributed by atoms with Gasteiger partial charge in [0.15, 0.2) is 0 Å². The average molecular weight is 245 g/mol. The maximum absolute atomic E-state index is 11.4. The first kappa shape index (κ1) is 11.1. The van der Waals surface area contributed by atoms with Gasteiger partial charge in [0.05, 0.1) is 12.5 Å². The predicted octanol–water partition coefficient (Wildman–Crippen LogP) is 2.60. The number of carbonyl (C=O) groups is 1. The van der Waals surface area contributed by atoms with Gasteiger partial charge in [-0.25, -0.2) is 0 Å². The lowest BCUT2D eigenvalue weighted by Gasteiger charge is -2.15. The highest BCUT2D eigenvalue weighted by molar-refractivity contribution is 5.93. The van der Waals surface area contributed by atoms with Crippen molar-refractivity contribution in [3.05, 3.63) is 29.5 Å². The molecule has 0 amide bonds. The van der Waals surface area contributed by atoms with Gasteiger partial charge in [-0.15, -0.1) is 0 Å². The largest absolute Gasteiger partial charge is 0.496 e. The van der Waals surface area contributed by atoms with Gasteiger partial charge in [-0.1, -0.05) is 6.07 Å². The summed E-state index contributed by atoms with van der Waals surface area (Å²) in [5.41, 5.74) is 2.09. The van der Waals surface area contributed by atoms with Crippen LogP contribution in [0.2, 0.25) is 0 Å². The molecule has 4 heteroatoms. The molecule has 0 radical (unpaired) electrons. The maximum Gasteiger partial charge on any atom is 0.314 e. The zero-order chi connectivity index (χ0) is 12.9. The SMILES string of the molecule is COc1c(C2(C(=O)O)CC2)ccc2[nH]c(C)cc12. The van der Waals surface area contributed by atoms with Crippen molar-refractivity contribution in [1.29, 1.82) is 0 Å². The molecule has 3 rings (SSSR count). The van der Waals surface area contributed by atoms with Crippen molar-refractivity contribution in [2.75, 3.05) is 7.11 Å². The topological polar surface area (TPSA) is 62.3 Å². The molecule has 1 aliphatic rings. The van der Waals surface area contributed by atoms with E-state index in [9.17, 15) is 9.90 Å². The number of benzene rings is 1. The zero-order valence-electron chi connectivity index (χ0n) is 10.4. The van der Waals surface area contributed by atoms with Crippen molar-refractivity contribution in [3.8, 4) is 5.75 Å². The van der Waals surface area contributed by atoms with E-state index in [-0.39, 0.29) is 0 Å². The van der Waals surface area contributed by atoms with E-state index in [1.807, 2.05) is 25.1 Å². The molecular weight excluding hydrogens is 230 g/mol. The fourth-order valence-corrected chi connectivity index (χ4v) is 2.64. The van der Waals surface area contributed by atoms with Crippen LogP contribution in [-0.2, 0) is 10.2 Å². The Labute approximate surface area is 105 Å². The highest BCUT2D eigenvalue weighted by Gasteiger charge is 2.53. The molecule has 1 saturated carbocycles. The molecule has 18 heavy (non-hydrogen) atoms. The van der Waals surface area contributed by atoms with Crippen LogP contribution in [0.5, 0.6) is 5.75 Å². The summed E-state index contributed by atoms with van der Waals surface area (Å²) in [6.07, 6.45) is 1.38. The number of fused-ring (bicyclic) bond motifs is 1. The zero-order valence-corrected chi connectivity index (χ0v) is 10.4. The fourth-order valence-electron chi connectivity index (χ4n) is 2.64. The lowest BCUT2D eigenvalue weighted by molar-refractivity contribution is -0.140. The summed E-state index contributed by atoms with van der Waals surface area (Å²) in [5, 5.41) is 10.3. The number of aromatic amines is 1. The molecule has 1 fully saturated rings. The van der Waals surface area contributed by atoms with E-state index in [0.717, 1.165) is 22.2 Å². The normalized spacial score (nSPS) is 16.8. The Morgan fingerprint density at radius 2 is 2.17 bits per heavy atom. The number of H-pyrrole nitrogens is 1. The van der Waals surface area contributed by atoms with E-state index < -0.39 is 11.4 Å². The molecule has 2 aromatic rings. The van der Waals surface area contributed by atoms with Gasteiger partial charge in [-0.3, -0.25) is 4.79 Å². The smallest absolute Gasteiger partial charge is 0.314 e. The fraction of sp³-hybridized carbons (Fsp3) is 0.357. The monoisotopic (exact) mass is 245 g/mol. The van der Waals surface area contributed by atoms with Crippen molar-refractivity contribution >= 4 is 16.9 Å². The van der Waals surface area contributed by atoms with Gasteiger partial charge < -0.3 is 14.8 Å². The van der Waals surface area contributed by atoms with Crippen molar-refractivity contribution in [2.45, 2.75) is 25.2 Å². The van der Waals surface area contributed by atoms with Gasteiger partial charge in [0, 0.05) is 22.2 Å². The number of aliphatic carboxylic acids is 1. The Kier molecular flexibility index (Phi) is 2.17. The molecular formula is C14H15NO3. The highest BCUT2D eigenvalue weighted by atomic mass is 16.5. The lowest BCUT2D eigenvalue weighted by atomic mass is 9.93. The van der Waals surface area contributed by atoms with Gasteiger partial charge in [0.25, 0.3) is 0 Å². The first-order chi connectivity index (χ1) is 8.58. The third kappa shape index (κ3) is 1.35. The molecule has 2 N–H and O–H groups in total. The Morgan fingerprint density at radius 1 is 1.44 bits per heavy atom. The van der Waals surface area contributed by atoms with Crippen LogP contribution >= 0.6 is 0 Å². The van der Waals surface area contributed by atoms with Crippen molar-refractivity contribution < 1.29 is 14.6 Å². The molecule has 0 bridgehead atoms. The summed E-state index contributed by atoms with van der Waals surface area (Å²) in [6, 6.07) is 5.80. The van der Waals surface area contributed by atoms with Crippen LogP contribution in [-0.4, -0.2) is 23.2 Å². The van der Waals surface area contributed by atoms with Gasteiger partial charge in [0.1, 0.15) is 5.75 Å². The second-order valence-corrected chi connectivity index (χ2v) is 4.95. The quantitative estimate of drug-likeness (QED) is 0.873. The number of ether oxygens (including phenoxy) is 1. The van der Waals surface area contributed by atoms with E-state index in [0.29, 0.717) is 18.6 Å². The van der Waals surface area contributed by atoms with Crippen molar-refractivity contribution in [3.63, 3.8) is 0 Å². The number of aryl methyl sites for hydroxylation is 1. The van der Waals surface area contributed by atoms with Crippen LogP contribution in [0.1, 0.15) is 24.1 Å². The van der Waals surface area contributed by atoms with Gasteiger partial charge >= 0.3 is 5.97 Å². The molecule has 1 aromatic carbocycles. The van der Waals surface area contributed by atoms with Crippen LogP contribution in [0.3, 0.4) is 0 Å². The van der Waals surface area contributed by atoms with E-state index in [2.05, 4.69) is 4.98 Å². The molecule has 0 saturated heterocycles. The van der Waals surface area contributed by atoms with Gasteiger partial charge in [0.2, 0.25) is 0 Å². The van der Waals surface area contributed by atoms with E-state index in [1.54, 1.807) is 7.11 Å².